The van der Waals surface area contributed by atoms with Crippen LogP contribution in [0.15, 0.2) is 60.7 Å². The van der Waals surface area contributed by atoms with E-state index >= 15 is 0 Å². The van der Waals surface area contributed by atoms with Gasteiger partial charge in [0.2, 0.25) is 0 Å². The molecule has 0 aliphatic heterocycles. The van der Waals surface area contributed by atoms with Gasteiger partial charge in [-0.05, 0) is 37.6 Å². The fourth-order valence-corrected chi connectivity index (χ4v) is 5.60. The van der Waals surface area contributed by atoms with E-state index in [0.29, 0.717) is 13.2 Å². The summed E-state index contributed by atoms with van der Waals surface area (Å²) in [5, 5.41) is 0. The van der Waals surface area contributed by atoms with E-state index in [0.717, 1.165) is 26.0 Å². The molecule has 0 amide bonds. The van der Waals surface area contributed by atoms with Crippen LogP contribution in [-0.2, 0) is 27.4 Å². The zero-order valence-corrected chi connectivity index (χ0v) is 24.4. The van der Waals surface area contributed by atoms with E-state index in [1.54, 1.807) is 0 Å². The van der Waals surface area contributed by atoms with E-state index in [4.69, 9.17) is 14.2 Å². The molecule has 4 atom stereocenters. The third-order valence-corrected chi connectivity index (χ3v) is 7.84. The fraction of sp³-hybridized carbons (Fsp3) is 0.647. The lowest BCUT2D eigenvalue weighted by Gasteiger charge is -2.34. The lowest BCUT2D eigenvalue weighted by Crippen LogP contribution is -2.48. The quantitative estimate of drug-likeness (QED) is 0.164. The Bertz CT molecular complexity index is 830. The van der Waals surface area contributed by atoms with Crippen LogP contribution in [-0.4, -0.2) is 49.5 Å². The van der Waals surface area contributed by atoms with E-state index < -0.39 is 0 Å². The molecule has 0 N–H and O–H groups in total. The molecule has 0 spiro atoms. The van der Waals surface area contributed by atoms with Gasteiger partial charge in [0.05, 0.1) is 31.5 Å². The van der Waals surface area contributed by atoms with Gasteiger partial charge >= 0.3 is 0 Å². The second kappa shape index (κ2) is 18.5. The maximum absolute atomic E-state index is 6.70. The molecule has 1 saturated carbocycles. The standard InChI is InChI=1S/C34H53NO3/c1-4-6-8-10-18-24-35(3)33-31(37-27-29-20-14-12-15-21-29)26-32(38-28-30-22-16-13-17-23-30)34(33)36-25-19-11-9-7-5-2/h12-17,20-23,31-34H,4-11,18-19,24-28H2,1-3H3/t31-,32+,33+,34+/m1/s1. The molecule has 4 nitrogen and oxygen atoms in total. The highest BCUT2D eigenvalue weighted by molar-refractivity contribution is 5.15. The monoisotopic (exact) mass is 523 g/mol. The van der Waals surface area contributed by atoms with Crippen molar-refractivity contribution in [1.82, 2.24) is 4.90 Å². The van der Waals surface area contributed by atoms with Crippen LogP contribution in [0.25, 0.3) is 0 Å². The van der Waals surface area contributed by atoms with E-state index in [1.807, 2.05) is 0 Å². The zero-order chi connectivity index (χ0) is 26.8. The minimum Gasteiger partial charge on any atom is -0.374 e. The van der Waals surface area contributed by atoms with E-state index in [2.05, 4.69) is 86.5 Å². The molecule has 1 fully saturated rings. The van der Waals surface area contributed by atoms with Crippen LogP contribution < -0.4 is 0 Å². The van der Waals surface area contributed by atoms with Crippen molar-refractivity contribution in [3.05, 3.63) is 71.8 Å². The van der Waals surface area contributed by atoms with Crippen molar-refractivity contribution in [3.8, 4) is 0 Å². The first-order valence-corrected chi connectivity index (χ1v) is 15.4. The van der Waals surface area contributed by atoms with Gasteiger partial charge < -0.3 is 14.2 Å². The largest absolute Gasteiger partial charge is 0.374 e. The van der Waals surface area contributed by atoms with Crippen molar-refractivity contribution in [1.29, 1.82) is 0 Å². The maximum Gasteiger partial charge on any atom is 0.102 e. The summed E-state index contributed by atoms with van der Waals surface area (Å²) in [6.07, 6.45) is 13.7. The predicted octanol–water partition coefficient (Wildman–Crippen LogP) is 8.19. The normalized spacial score (nSPS) is 21.4. The number of hydrogen-bond donors (Lipinski definition) is 0. The van der Waals surface area contributed by atoms with E-state index in [9.17, 15) is 0 Å². The maximum atomic E-state index is 6.70. The van der Waals surface area contributed by atoms with Gasteiger partial charge in [-0.3, -0.25) is 4.90 Å². The summed E-state index contributed by atoms with van der Waals surface area (Å²) in [6.45, 7) is 7.65. The molecule has 0 bridgehead atoms. The Kier molecular flexibility index (Phi) is 15.0. The third kappa shape index (κ3) is 10.8. The second-order valence-corrected chi connectivity index (χ2v) is 11.0. The Labute approximate surface area is 233 Å². The Morgan fingerprint density at radius 3 is 1.74 bits per heavy atom. The number of hydrogen-bond acceptors (Lipinski definition) is 4. The van der Waals surface area contributed by atoms with Gasteiger partial charge in [-0.25, -0.2) is 0 Å². The molecule has 2 aromatic rings. The van der Waals surface area contributed by atoms with Crippen LogP contribution in [0.2, 0.25) is 0 Å². The van der Waals surface area contributed by atoms with Gasteiger partial charge in [0, 0.05) is 13.0 Å². The highest BCUT2D eigenvalue weighted by Gasteiger charge is 2.47. The molecule has 0 heterocycles. The zero-order valence-electron chi connectivity index (χ0n) is 24.4. The minimum absolute atomic E-state index is 0.0197. The van der Waals surface area contributed by atoms with Crippen molar-refractivity contribution < 1.29 is 14.2 Å². The summed E-state index contributed by atoms with van der Waals surface area (Å²) in [6, 6.07) is 21.2. The highest BCUT2D eigenvalue weighted by Crippen LogP contribution is 2.33. The first-order chi connectivity index (χ1) is 18.7. The summed E-state index contributed by atoms with van der Waals surface area (Å²) in [5.41, 5.74) is 2.43. The topological polar surface area (TPSA) is 30.9 Å². The molecular weight excluding hydrogens is 470 g/mol. The van der Waals surface area contributed by atoms with Crippen molar-refractivity contribution in [2.75, 3.05) is 20.2 Å². The summed E-state index contributed by atoms with van der Waals surface area (Å²) in [4.78, 5) is 2.51. The highest BCUT2D eigenvalue weighted by atomic mass is 16.6. The van der Waals surface area contributed by atoms with Gasteiger partial charge in [0.15, 0.2) is 0 Å². The van der Waals surface area contributed by atoms with Crippen LogP contribution in [0.4, 0.5) is 0 Å². The SMILES string of the molecule is CCCCCCCO[C@@H]1[C@@H](N(C)CCCCCCC)[C@H](OCc2ccccc2)C[C@@H]1OCc1ccccc1. The smallest absolute Gasteiger partial charge is 0.102 e. The van der Waals surface area contributed by atoms with Gasteiger partial charge in [-0.1, -0.05) is 126 Å². The molecule has 2 aromatic carbocycles. The first kappa shape index (κ1) is 30.8. The number of ether oxygens (including phenoxy) is 3. The summed E-state index contributed by atoms with van der Waals surface area (Å²) < 4.78 is 19.9. The van der Waals surface area contributed by atoms with Gasteiger partial charge in [0.25, 0.3) is 0 Å². The van der Waals surface area contributed by atoms with Gasteiger partial charge in [0.1, 0.15) is 6.10 Å². The lowest BCUT2D eigenvalue weighted by molar-refractivity contribution is -0.0898. The van der Waals surface area contributed by atoms with E-state index in [-0.39, 0.29) is 24.4 Å². The minimum atomic E-state index is 0.0197. The number of nitrogens with zero attached hydrogens (tertiary/aromatic N) is 1. The van der Waals surface area contributed by atoms with Crippen molar-refractivity contribution in [2.24, 2.45) is 0 Å². The van der Waals surface area contributed by atoms with Crippen LogP contribution in [0.3, 0.4) is 0 Å². The van der Waals surface area contributed by atoms with E-state index in [1.165, 1.54) is 68.9 Å². The number of rotatable bonds is 20. The van der Waals surface area contributed by atoms with Crippen LogP contribution in [0, 0.1) is 0 Å². The second-order valence-electron chi connectivity index (χ2n) is 11.0. The summed E-state index contributed by atoms with van der Waals surface area (Å²) in [5.74, 6) is 0. The van der Waals surface area contributed by atoms with Gasteiger partial charge in [-0.15, -0.1) is 0 Å². The first-order valence-electron chi connectivity index (χ1n) is 15.4. The third-order valence-electron chi connectivity index (χ3n) is 7.84. The van der Waals surface area contributed by atoms with Crippen molar-refractivity contribution in [2.45, 2.75) is 122 Å². The molecule has 4 heteroatoms. The molecule has 0 unspecified atom stereocenters. The molecule has 212 valence electrons. The fourth-order valence-electron chi connectivity index (χ4n) is 5.60. The van der Waals surface area contributed by atoms with Crippen molar-refractivity contribution in [3.63, 3.8) is 0 Å². The molecule has 0 radical (unpaired) electrons. The Hall–Kier alpha value is -1.72. The molecule has 0 saturated heterocycles. The van der Waals surface area contributed by atoms with Crippen LogP contribution in [0.5, 0.6) is 0 Å². The van der Waals surface area contributed by atoms with Gasteiger partial charge in [-0.2, -0.15) is 0 Å². The van der Waals surface area contributed by atoms with Crippen LogP contribution in [0.1, 0.15) is 95.6 Å². The summed E-state index contributed by atoms with van der Waals surface area (Å²) in [7, 11) is 2.26. The molecule has 38 heavy (non-hydrogen) atoms. The van der Waals surface area contributed by atoms with Crippen LogP contribution >= 0.6 is 0 Å². The Morgan fingerprint density at radius 1 is 0.632 bits per heavy atom. The average Bonchev–Trinajstić information content (AvgIpc) is 3.30. The predicted molar refractivity (Wildman–Crippen MR) is 158 cm³/mol. The molecule has 0 aromatic heterocycles. The molecular formula is C34H53NO3. The molecule has 1 aliphatic rings. The number of likely N-dealkylation sites (N-methyl/N-ethyl adjacent to an activating group) is 1. The summed E-state index contributed by atoms with van der Waals surface area (Å²) >= 11 is 0. The lowest BCUT2D eigenvalue weighted by atomic mass is 10.1. The molecule has 1 aliphatic carbocycles. The number of unbranched alkanes of at least 4 members (excludes halogenated alkanes) is 8. The van der Waals surface area contributed by atoms with Crippen molar-refractivity contribution >= 4 is 0 Å². The number of benzene rings is 2. The Balaban J connectivity index is 1.69. The average molecular weight is 524 g/mol. The molecule has 3 rings (SSSR count). The Morgan fingerprint density at radius 2 is 1.16 bits per heavy atom.